The highest BCUT2D eigenvalue weighted by atomic mass is 32.1. The minimum Gasteiger partial charge on any atom is -0.264 e. The van der Waals surface area contributed by atoms with Crippen LogP contribution in [-0.2, 0) is 6.54 Å². The molecular weight excluding hydrogens is 328 g/mol. The number of nitrogens with zero attached hydrogens (tertiary/aromatic N) is 4. The van der Waals surface area contributed by atoms with Crippen LogP contribution in [0.2, 0.25) is 0 Å². The number of aromatic nitrogens is 4. The summed E-state index contributed by atoms with van der Waals surface area (Å²) in [6.45, 7) is 0.870. The number of hydrogen-bond donors (Lipinski definition) is 0. The maximum Gasteiger partial charge on any atom is 0.315 e. The second-order valence-electron chi connectivity index (χ2n) is 6.22. The first kappa shape index (κ1) is 13.3. The monoisotopic (exact) mass is 341 g/mol. The first-order valence-electron chi connectivity index (χ1n) is 8.22. The zero-order chi connectivity index (χ0) is 16.4. The molecule has 0 unspecified atom stereocenters. The van der Waals surface area contributed by atoms with Crippen LogP contribution in [0.1, 0.15) is 5.56 Å². The van der Waals surface area contributed by atoms with Gasteiger partial charge in [-0.2, -0.15) is 4.57 Å². The number of hydrogen-bond acceptors (Lipinski definition) is 3. The minimum atomic E-state index is 0.870. The van der Waals surface area contributed by atoms with Crippen molar-refractivity contribution in [3.8, 4) is 17.2 Å². The van der Waals surface area contributed by atoms with E-state index in [1.165, 1.54) is 26.0 Å². The highest BCUT2D eigenvalue weighted by molar-refractivity contribution is 7.25. The summed E-state index contributed by atoms with van der Waals surface area (Å²) in [4.78, 5) is 10.3. The zero-order valence-corrected chi connectivity index (χ0v) is 14.1. The Hall–Kier alpha value is -3.05. The van der Waals surface area contributed by atoms with Crippen LogP contribution in [-0.4, -0.2) is 14.5 Å². The molecule has 25 heavy (non-hydrogen) atoms. The summed E-state index contributed by atoms with van der Waals surface area (Å²) in [7, 11) is 0. The van der Waals surface area contributed by atoms with Gasteiger partial charge >= 0.3 is 5.82 Å². The number of para-hydroxylation sites is 1. The lowest BCUT2D eigenvalue weighted by molar-refractivity contribution is -0.643. The molecule has 118 valence electrons. The fourth-order valence-electron chi connectivity index (χ4n) is 3.78. The fourth-order valence-corrected chi connectivity index (χ4v) is 4.94. The molecule has 6 rings (SSSR count). The molecule has 5 heteroatoms. The third kappa shape index (κ3) is 1.68. The summed E-state index contributed by atoms with van der Waals surface area (Å²) < 4.78 is 6.00. The topological polar surface area (TPSA) is 34.6 Å². The number of fused-ring (bicyclic) bond motifs is 7. The molecule has 0 radical (unpaired) electrons. The first-order valence-corrected chi connectivity index (χ1v) is 9.04. The Morgan fingerprint density at radius 2 is 1.92 bits per heavy atom. The molecule has 4 nitrogen and oxygen atoms in total. The van der Waals surface area contributed by atoms with Gasteiger partial charge in [-0.15, -0.1) is 0 Å². The predicted molar refractivity (Wildman–Crippen MR) is 99.0 cm³/mol. The molecule has 1 aromatic carbocycles. The van der Waals surface area contributed by atoms with Crippen LogP contribution in [0, 0.1) is 0 Å². The normalized spacial score (nSPS) is 12.6. The number of imidazole rings is 1. The molecule has 5 aromatic rings. The fraction of sp³-hybridized carbons (Fsp3) is 0.0500. The van der Waals surface area contributed by atoms with Gasteiger partial charge in [0.15, 0.2) is 5.69 Å². The molecule has 4 aromatic heterocycles. The van der Waals surface area contributed by atoms with Gasteiger partial charge in [-0.25, -0.2) is 9.55 Å². The Morgan fingerprint density at radius 1 is 1.00 bits per heavy atom. The number of benzene rings is 1. The average molecular weight is 341 g/mol. The van der Waals surface area contributed by atoms with E-state index in [4.69, 9.17) is 0 Å². The van der Waals surface area contributed by atoms with E-state index in [9.17, 15) is 0 Å². The molecule has 0 amide bonds. The Kier molecular flexibility index (Phi) is 2.51. The van der Waals surface area contributed by atoms with Crippen molar-refractivity contribution in [1.29, 1.82) is 0 Å². The van der Waals surface area contributed by atoms with Gasteiger partial charge in [0.05, 0.1) is 5.39 Å². The molecule has 0 saturated heterocycles. The third-order valence-electron chi connectivity index (χ3n) is 4.83. The van der Waals surface area contributed by atoms with Crippen LogP contribution >= 0.6 is 11.3 Å². The Labute approximate surface area is 147 Å². The molecule has 0 spiro atoms. The Bertz CT molecular complexity index is 1270. The molecule has 0 N–H and O–H groups in total. The number of rotatable bonds is 1. The van der Waals surface area contributed by atoms with Gasteiger partial charge in [0.25, 0.3) is 0 Å². The van der Waals surface area contributed by atoms with E-state index in [2.05, 4.69) is 61.6 Å². The highest BCUT2D eigenvalue weighted by Crippen LogP contribution is 2.39. The number of thiophene rings is 1. The Morgan fingerprint density at radius 3 is 2.84 bits per heavy atom. The molecular formula is C20H13N4S+. The van der Waals surface area contributed by atoms with Gasteiger partial charge in [-0.05, 0) is 24.3 Å². The first-order chi connectivity index (χ1) is 12.4. The van der Waals surface area contributed by atoms with Crippen molar-refractivity contribution in [2.45, 2.75) is 6.54 Å². The lowest BCUT2D eigenvalue weighted by atomic mass is 10.2. The second kappa shape index (κ2) is 4.74. The van der Waals surface area contributed by atoms with Crippen molar-refractivity contribution in [1.82, 2.24) is 14.5 Å². The molecule has 0 fully saturated rings. The maximum absolute atomic E-state index is 4.69. The lowest BCUT2D eigenvalue weighted by Gasteiger charge is -2.01. The molecule has 0 aliphatic carbocycles. The summed E-state index contributed by atoms with van der Waals surface area (Å²) >= 11 is 1.83. The van der Waals surface area contributed by atoms with E-state index < -0.39 is 0 Å². The Balaban J connectivity index is 1.84. The summed E-state index contributed by atoms with van der Waals surface area (Å²) in [5.41, 5.74) is 4.74. The summed E-state index contributed by atoms with van der Waals surface area (Å²) in [5.74, 6) is 1.16. The predicted octanol–water partition coefficient (Wildman–Crippen LogP) is 3.95. The van der Waals surface area contributed by atoms with Crippen LogP contribution < -0.4 is 4.57 Å². The smallest absolute Gasteiger partial charge is 0.264 e. The van der Waals surface area contributed by atoms with Crippen molar-refractivity contribution in [3.05, 3.63) is 72.7 Å². The summed E-state index contributed by atoms with van der Waals surface area (Å²) in [5, 5.41) is 1.20. The van der Waals surface area contributed by atoms with Gasteiger partial charge in [0.2, 0.25) is 10.3 Å². The maximum atomic E-state index is 4.69. The molecule has 0 atom stereocenters. The highest BCUT2D eigenvalue weighted by Gasteiger charge is 2.37. The summed E-state index contributed by atoms with van der Waals surface area (Å²) in [6.07, 6.45) is 5.72. The largest absolute Gasteiger partial charge is 0.315 e. The van der Waals surface area contributed by atoms with E-state index in [1.54, 1.807) is 0 Å². The molecule has 5 heterocycles. The van der Waals surface area contributed by atoms with Crippen molar-refractivity contribution in [2.24, 2.45) is 0 Å². The van der Waals surface area contributed by atoms with Crippen LogP contribution in [0.25, 0.3) is 37.6 Å². The van der Waals surface area contributed by atoms with E-state index in [0.717, 1.165) is 23.8 Å². The molecule has 0 saturated carbocycles. The zero-order valence-electron chi connectivity index (χ0n) is 13.3. The van der Waals surface area contributed by atoms with E-state index >= 15 is 0 Å². The van der Waals surface area contributed by atoms with E-state index in [1.807, 2.05) is 36.0 Å². The van der Waals surface area contributed by atoms with Crippen molar-refractivity contribution in [3.63, 3.8) is 0 Å². The molecule has 1 aliphatic heterocycles. The van der Waals surface area contributed by atoms with Crippen molar-refractivity contribution in [2.75, 3.05) is 0 Å². The van der Waals surface area contributed by atoms with Crippen molar-refractivity contribution < 1.29 is 4.57 Å². The molecule has 1 aliphatic rings. The van der Waals surface area contributed by atoms with Gasteiger partial charge in [-0.3, -0.25) is 4.98 Å². The van der Waals surface area contributed by atoms with Crippen molar-refractivity contribution >= 4 is 31.8 Å². The van der Waals surface area contributed by atoms with Crippen LogP contribution in [0.4, 0.5) is 0 Å². The minimum absolute atomic E-state index is 0.870. The van der Waals surface area contributed by atoms with Gasteiger partial charge in [-0.1, -0.05) is 35.6 Å². The van der Waals surface area contributed by atoms with Gasteiger partial charge < -0.3 is 0 Å². The quantitative estimate of drug-likeness (QED) is 0.424. The standard InChI is InChI=1S/C20H13N4S/c1-2-6-14(7-3-1)24-18-15-11-21-10-8-16(15)25-20(18)23-12-13-5-4-9-22-17(13)19(23)24/h1-11H,12H2/q+1. The van der Waals surface area contributed by atoms with Crippen LogP contribution in [0.15, 0.2) is 67.1 Å². The van der Waals surface area contributed by atoms with Crippen LogP contribution in [0.3, 0.4) is 0 Å². The lowest BCUT2D eigenvalue weighted by Crippen LogP contribution is -2.30. The number of pyridine rings is 2. The van der Waals surface area contributed by atoms with Gasteiger partial charge in [0.1, 0.15) is 12.2 Å². The molecule has 0 bridgehead atoms. The van der Waals surface area contributed by atoms with Gasteiger partial charge in [0, 0.05) is 28.9 Å². The third-order valence-corrected chi connectivity index (χ3v) is 6.01. The van der Waals surface area contributed by atoms with Crippen LogP contribution in [0.5, 0.6) is 0 Å². The summed E-state index contributed by atoms with van der Waals surface area (Å²) in [6, 6.07) is 16.8. The van der Waals surface area contributed by atoms with E-state index in [-0.39, 0.29) is 0 Å². The second-order valence-corrected chi connectivity index (χ2v) is 7.25. The average Bonchev–Trinajstić information content (AvgIpc) is 3.30. The SMILES string of the molecule is c1ccc(-n2c3[n+](c4sc5ccncc5c42)Cc2cccnc2-3)cc1. The van der Waals surface area contributed by atoms with E-state index in [0.29, 0.717) is 0 Å².